The molecule has 1 aliphatic rings. The lowest BCUT2D eigenvalue weighted by molar-refractivity contribution is 0.172. The highest BCUT2D eigenvalue weighted by molar-refractivity contribution is 5.42. The van der Waals surface area contributed by atoms with Crippen LogP contribution in [0.2, 0.25) is 0 Å². The zero-order valence-corrected chi connectivity index (χ0v) is 10.7. The van der Waals surface area contributed by atoms with Gasteiger partial charge in [-0.1, -0.05) is 19.3 Å². The number of anilines is 1. The molecule has 0 saturated heterocycles. The molecule has 4 nitrogen and oxygen atoms in total. The van der Waals surface area contributed by atoms with Crippen LogP contribution in [-0.2, 0) is 0 Å². The maximum absolute atomic E-state index is 9.65. The molecule has 0 atom stereocenters. The third kappa shape index (κ3) is 2.75. The highest BCUT2D eigenvalue weighted by atomic mass is 16.3. The van der Waals surface area contributed by atoms with E-state index in [1.807, 2.05) is 13.8 Å². The van der Waals surface area contributed by atoms with Crippen molar-refractivity contribution in [3.05, 3.63) is 17.6 Å². The second-order valence-electron chi connectivity index (χ2n) is 5.07. The minimum absolute atomic E-state index is 0.169. The summed E-state index contributed by atoms with van der Waals surface area (Å²) < 4.78 is 0. The molecule has 1 aromatic heterocycles. The molecule has 1 aromatic rings. The molecular weight excluding hydrogens is 214 g/mol. The van der Waals surface area contributed by atoms with Gasteiger partial charge in [0.2, 0.25) is 0 Å². The van der Waals surface area contributed by atoms with Crippen LogP contribution in [0.4, 0.5) is 5.82 Å². The minimum Gasteiger partial charge on any atom is -0.394 e. The van der Waals surface area contributed by atoms with Crippen molar-refractivity contribution < 1.29 is 5.11 Å². The lowest BCUT2D eigenvalue weighted by Crippen LogP contribution is -2.44. The van der Waals surface area contributed by atoms with E-state index in [0.29, 0.717) is 0 Å². The predicted molar refractivity (Wildman–Crippen MR) is 68.0 cm³/mol. The number of aliphatic hydroxyl groups is 1. The number of nitrogens with one attached hydrogen (secondary N) is 1. The first-order valence-electron chi connectivity index (χ1n) is 6.34. The third-order valence-electron chi connectivity index (χ3n) is 3.57. The number of aromatic nitrogens is 2. The summed E-state index contributed by atoms with van der Waals surface area (Å²) in [7, 11) is 0. The molecular formula is C13H21N3O. The summed E-state index contributed by atoms with van der Waals surface area (Å²) in [5.74, 6) is 0.820. The fraction of sp³-hybridized carbons (Fsp3) is 0.692. The number of nitrogens with zero attached hydrogens (tertiary/aromatic N) is 2. The van der Waals surface area contributed by atoms with Gasteiger partial charge in [0.25, 0.3) is 0 Å². The van der Waals surface area contributed by atoms with Gasteiger partial charge in [-0.3, -0.25) is 4.98 Å². The van der Waals surface area contributed by atoms with Crippen molar-refractivity contribution in [1.82, 2.24) is 9.97 Å². The van der Waals surface area contributed by atoms with Gasteiger partial charge < -0.3 is 10.4 Å². The van der Waals surface area contributed by atoms with Crippen molar-refractivity contribution in [3.63, 3.8) is 0 Å². The van der Waals surface area contributed by atoms with E-state index < -0.39 is 0 Å². The molecule has 17 heavy (non-hydrogen) atoms. The number of aliphatic hydroxyl groups excluding tert-OH is 1. The van der Waals surface area contributed by atoms with Crippen LogP contribution in [0.5, 0.6) is 0 Å². The van der Waals surface area contributed by atoms with Crippen LogP contribution < -0.4 is 5.32 Å². The molecule has 0 aromatic carbocycles. The average Bonchev–Trinajstić information content (AvgIpc) is 2.35. The van der Waals surface area contributed by atoms with Crippen LogP contribution in [-0.4, -0.2) is 27.2 Å². The lowest BCUT2D eigenvalue weighted by atomic mass is 9.82. The molecule has 1 heterocycles. The van der Waals surface area contributed by atoms with Gasteiger partial charge in [-0.25, -0.2) is 4.98 Å². The molecule has 0 aliphatic heterocycles. The molecule has 4 heteroatoms. The Morgan fingerprint density at radius 3 is 2.65 bits per heavy atom. The van der Waals surface area contributed by atoms with E-state index in [9.17, 15) is 5.11 Å². The van der Waals surface area contributed by atoms with Crippen molar-refractivity contribution in [1.29, 1.82) is 0 Å². The average molecular weight is 235 g/mol. The van der Waals surface area contributed by atoms with E-state index in [1.54, 1.807) is 6.20 Å². The summed E-state index contributed by atoms with van der Waals surface area (Å²) in [6.07, 6.45) is 7.41. The molecule has 0 unspecified atom stereocenters. The zero-order valence-electron chi connectivity index (χ0n) is 10.7. The van der Waals surface area contributed by atoms with Gasteiger partial charge in [-0.05, 0) is 26.7 Å². The van der Waals surface area contributed by atoms with Crippen molar-refractivity contribution in [2.24, 2.45) is 0 Å². The minimum atomic E-state index is -0.189. The highest BCUT2D eigenvalue weighted by Gasteiger charge is 2.32. The molecule has 2 rings (SSSR count). The van der Waals surface area contributed by atoms with Crippen LogP contribution in [0.15, 0.2) is 6.20 Å². The monoisotopic (exact) mass is 235 g/mol. The second kappa shape index (κ2) is 5.00. The standard InChI is InChI=1S/C13H21N3O/c1-10-8-14-11(2)12(15-10)16-13(9-17)6-4-3-5-7-13/h8,17H,3-7,9H2,1-2H3,(H,15,16). The van der Waals surface area contributed by atoms with E-state index in [1.165, 1.54) is 19.3 Å². The van der Waals surface area contributed by atoms with Crippen molar-refractivity contribution in [2.75, 3.05) is 11.9 Å². The van der Waals surface area contributed by atoms with Gasteiger partial charge in [0, 0.05) is 6.20 Å². The van der Waals surface area contributed by atoms with Crippen LogP contribution in [0.3, 0.4) is 0 Å². The molecule has 94 valence electrons. The highest BCUT2D eigenvalue weighted by Crippen LogP contribution is 2.31. The molecule has 1 fully saturated rings. The summed E-state index contributed by atoms with van der Waals surface area (Å²) >= 11 is 0. The number of rotatable bonds is 3. The molecule has 0 bridgehead atoms. The zero-order chi connectivity index (χ0) is 12.3. The van der Waals surface area contributed by atoms with E-state index in [2.05, 4.69) is 15.3 Å². The van der Waals surface area contributed by atoms with Gasteiger partial charge in [-0.15, -0.1) is 0 Å². The predicted octanol–water partition coefficient (Wildman–Crippen LogP) is 2.20. The number of aryl methyl sites for hydroxylation is 2. The topological polar surface area (TPSA) is 58.0 Å². The lowest BCUT2D eigenvalue weighted by Gasteiger charge is -2.37. The first kappa shape index (κ1) is 12.3. The summed E-state index contributed by atoms with van der Waals surface area (Å²) in [4.78, 5) is 8.78. The number of hydrogen-bond acceptors (Lipinski definition) is 4. The first-order valence-corrected chi connectivity index (χ1v) is 6.34. The van der Waals surface area contributed by atoms with E-state index in [0.717, 1.165) is 30.0 Å². The second-order valence-corrected chi connectivity index (χ2v) is 5.07. The first-order chi connectivity index (χ1) is 8.15. The quantitative estimate of drug-likeness (QED) is 0.843. The van der Waals surface area contributed by atoms with Crippen molar-refractivity contribution >= 4 is 5.82 Å². The fourth-order valence-corrected chi connectivity index (χ4v) is 2.46. The molecule has 2 N–H and O–H groups in total. The summed E-state index contributed by atoms with van der Waals surface area (Å²) in [5.41, 5.74) is 1.61. The molecule has 1 aliphatic carbocycles. The Labute approximate surface area is 102 Å². The Hall–Kier alpha value is -1.16. The Kier molecular flexibility index (Phi) is 3.62. The Morgan fingerprint density at radius 1 is 1.29 bits per heavy atom. The summed E-state index contributed by atoms with van der Waals surface area (Å²) in [6.45, 7) is 4.05. The van der Waals surface area contributed by atoms with Crippen LogP contribution in [0.25, 0.3) is 0 Å². The van der Waals surface area contributed by atoms with Gasteiger partial charge in [0.1, 0.15) is 5.82 Å². The molecule has 0 spiro atoms. The Balaban J connectivity index is 2.20. The largest absolute Gasteiger partial charge is 0.394 e. The third-order valence-corrected chi connectivity index (χ3v) is 3.57. The SMILES string of the molecule is Cc1cnc(C)c(NC2(CO)CCCCC2)n1. The van der Waals surface area contributed by atoms with Crippen molar-refractivity contribution in [2.45, 2.75) is 51.5 Å². The maximum Gasteiger partial charge on any atom is 0.148 e. The normalized spacial score (nSPS) is 19.0. The Bertz CT molecular complexity index is 386. The molecule has 0 amide bonds. The Morgan fingerprint density at radius 2 is 2.00 bits per heavy atom. The molecule has 0 radical (unpaired) electrons. The number of hydrogen-bond donors (Lipinski definition) is 2. The van der Waals surface area contributed by atoms with E-state index in [-0.39, 0.29) is 12.1 Å². The van der Waals surface area contributed by atoms with Crippen molar-refractivity contribution in [3.8, 4) is 0 Å². The van der Waals surface area contributed by atoms with Gasteiger partial charge in [0.15, 0.2) is 0 Å². The van der Waals surface area contributed by atoms with E-state index in [4.69, 9.17) is 0 Å². The van der Waals surface area contributed by atoms with Crippen LogP contribution >= 0.6 is 0 Å². The molecule has 1 saturated carbocycles. The maximum atomic E-state index is 9.65. The fourth-order valence-electron chi connectivity index (χ4n) is 2.46. The van der Waals surface area contributed by atoms with Gasteiger partial charge in [-0.2, -0.15) is 0 Å². The smallest absolute Gasteiger partial charge is 0.148 e. The summed E-state index contributed by atoms with van der Waals surface area (Å²) in [6, 6.07) is 0. The summed E-state index contributed by atoms with van der Waals surface area (Å²) in [5, 5.41) is 13.1. The van der Waals surface area contributed by atoms with Crippen LogP contribution in [0, 0.1) is 13.8 Å². The van der Waals surface area contributed by atoms with E-state index >= 15 is 0 Å². The van der Waals surface area contributed by atoms with Gasteiger partial charge in [0.05, 0.1) is 23.5 Å². The van der Waals surface area contributed by atoms with Gasteiger partial charge >= 0.3 is 0 Å². The van der Waals surface area contributed by atoms with Crippen LogP contribution in [0.1, 0.15) is 43.5 Å².